The van der Waals surface area contributed by atoms with Gasteiger partial charge in [0.05, 0.1) is 5.02 Å². The molecule has 0 spiro atoms. The normalized spacial score (nSPS) is 10.5. The maximum absolute atomic E-state index is 8.87. The van der Waals surface area contributed by atoms with Gasteiger partial charge in [0, 0.05) is 11.3 Å². The molecule has 0 saturated carbocycles. The van der Waals surface area contributed by atoms with Gasteiger partial charge in [0.15, 0.2) is 0 Å². The lowest BCUT2D eigenvalue weighted by Gasteiger charge is -2.01. The number of hydrogen-bond donors (Lipinski definition) is 2. The van der Waals surface area contributed by atoms with Crippen LogP contribution in [0.2, 0.25) is 5.02 Å². The lowest BCUT2D eigenvalue weighted by Crippen LogP contribution is -1.85. The minimum absolute atomic E-state index is 0.125. The SMILES string of the molecule is Nc1ccc(Cl)c(-c2ccc(CO)o2)c1. The fraction of sp³-hybridized carbons (Fsp3) is 0.0909. The summed E-state index contributed by atoms with van der Waals surface area (Å²) in [6, 6.07) is 8.64. The number of benzene rings is 1. The minimum Gasteiger partial charge on any atom is -0.459 e. The van der Waals surface area contributed by atoms with Gasteiger partial charge in [-0.05, 0) is 30.3 Å². The van der Waals surface area contributed by atoms with E-state index in [0.29, 0.717) is 22.2 Å². The average Bonchev–Trinajstić information content (AvgIpc) is 2.70. The second-order valence-corrected chi connectivity index (χ2v) is 3.57. The Morgan fingerprint density at radius 3 is 2.73 bits per heavy atom. The van der Waals surface area contributed by atoms with Gasteiger partial charge in [-0.1, -0.05) is 11.6 Å². The van der Waals surface area contributed by atoms with Crippen molar-refractivity contribution in [1.82, 2.24) is 0 Å². The van der Waals surface area contributed by atoms with Crippen LogP contribution < -0.4 is 5.73 Å². The van der Waals surface area contributed by atoms with Crippen LogP contribution in [-0.4, -0.2) is 5.11 Å². The maximum Gasteiger partial charge on any atom is 0.135 e. The highest BCUT2D eigenvalue weighted by Gasteiger charge is 2.08. The lowest BCUT2D eigenvalue weighted by atomic mass is 10.1. The van der Waals surface area contributed by atoms with Crippen LogP contribution in [0.4, 0.5) is 5.69 Å². The molecule has 0 aliphatic heterocycles. The third-order valence-electron chi connectivity index (χ3n) is 2.07. The van der Waals surface area contributed by atoms with Crippen LogP contribution in [0.3, 0.4) is 0 Å². The van der Waals surface area contributed by atoms with Gasteiger partial charge in [0.1, 0.15) is 18.1 Å². The molecular formula is C11H10ClNO2. The van der Waals surface area contributed by atoms with E-state index in [1.807, 2.05) is 0 Å². The standard InChI is InChI=1S/C11H10ClNO2/c12-10-3-1-7(13)5-9(10)11-4-2-8(6-14)15-11/h1-5,14H,6,13H2. The number of aliphatic hydroxyl groups is 1. The van der Waals surface area contributed by atoms with E-state index in [1.165, 1.54) is 0 Å². The van der Waals surface area contributed by atoms with Crippen molar-refractivity contribution in [3.63, 3.8) is 0 Å². The van der Waals surface area contributed by atoms with Crippen molar-refractivity contribution < 1.29 is 9.52 Å². The third-order valence-corrected chi connectivity index (χ3v) is 2.40. The number of hydrogen-bond acceptors (Lipinski definition) is 3. The van der Waals surface area contributed by atoms with E-state index in [4.69, 9.17) is 26.9 Å². The van der Waals surface area contributed by atoms with Crippen LogP contribution in [0.1, 0.15) is 5.76 Å². The quantitative estimate of drug-likeness (QED) is 0.770. The zero-order valence-electron chi connectivity index (χ0n) is 7.90. The van der Waals surface area contributed by atoms with Crippen LogP contribution in [0.5, 0.6) is 0 Å². The molecule has 2 rings (SSSR count). The summed E-state index contributed by atoms with van der Waals surface area (Å²) < 4.78 is 5.36. The van der Waals surface area contributed by atoms with Crippen molar-refractivity contribution in [3.8, 4) is 11.3 Å². The van der Waals surface area contributed by atoms with Crippen LogP contribution in [0, 0.1) is 0 Å². The number of anilines is 1. The molecule has 0 saturated heterocycles. The van der Waals surface area contributed by atoms with Crippen molar-refractivity contribution in [2.45, 2.75) is 6.61 Å². The summed E-state index contributed by atoms with van der Waals surface area (Å²) in [7, 11) is 0. The molecule has 3 N–H and O–H groups in total. The summed E-state index contributed by atoms with van der Waals surface area (Å²) in [5.74, 6) is 1.11. The van der Waals surface area contributed by atoms with E-state index in [1.54, 1.807) is 30.3 Å². The van der Waals surface area contributed by atoms with Gasteiger partial charge in [-0.3, -0.25) is 0 Å². The van der Waals surface area contributed by atoms with Crippen molar-refractivity contribution in [3.05, 3.63) is 41.1 Å². The van der Waals surface area contributed by atoms with Gasteiger partial charge in [-0.25, -0.2) is 0 Å². The Kier molecular flexibility index (Phi) is 2.66. The number of aliphatic hydroxyl groups excluding tert-OH is 1. The summed E-state index contributed by atoms with van der Waals surface area (Å²) in [6.07, 6.45) is 0. The van der Waals surface area contributed by atoms with E-state index in [9.17, 15) is 0 Å². The Bertz CT molecular complexity index is 479. The molecule has 1 heterocycles. The van der Waals surface area contributed by atoms with Gasteiger partial charge in [0.25, 0.3) is 0 Å². The van der Waals surface area contributed by atoms with Gasteiger partial charge < -0.3 is 15.3 Å². The van der Waals surface area contributed by atoms with Crippen LogP contribution in [-0.2, 0) is 6.61 Å². The van der Waals surface area contributed by atoms with Gasteiger partial charge in [-0.15, -0.1) is 0 Å². The summed E-state index contributed by atoms with van der Waals surface area (Å²) >= 11 is 6.01. The zero-order chi connectivity index (χ0) is 10.8. The lowest BCUT2D eigenvalue weighted by molar-refractivity contribution is 0.248. The molecule has 0 aliphatic rings. The highest BCUT2D eigenvalue weighted by molar-refractivity contribution is 6.33. The van der Waals surface area contributed by atoms with E-state index >= 15 is 0 Å². The summed E-state index contributed by atoms with van der Waals surface area (Å²) in [5.41, 5.74) is 7.01. The molecule has 3 nitrogen and oxygen atoms in total. The molecule has 0 amide bonds. The molecule has 15 heavy (non-hydrogen) atoms. The van der Waals surface area contributed by atoms with E-state index in [-0.39, 0.29) is 6.61 Å². The predicted molar refractivity (Wildman–Crippen MR) is 59.5 cm³/mol. The first-order chi connectivity index (χ1) is 7.20. The summed E-state index contributed by atoms with van der Waals surface area (Å²) in [4.78, 5) is 0. The number of halogens is 1. The van der Waals surface area contributed by atoms with Crippen molar-refractivity contribution in [1.29, 1.82) is 0 Å². The predicted octanol–water partition coefficient (Wildman–Crippen LogP) is 2.67. The molecule has 1 aromatic carbocycles. The summed E-state index contributed by atoms with van der Waals surface area (Å²) in [5, 5.41) is 9.44. The van der Waals surface area contributed by atoms with E-state index < -0.39 is 0 Å². The van der Waals surface area contributed by atoms with E-state index in [2.05, 4.69) is 0 Å². The molecule has 0 bridgehead atoms. The number of furan rings is 1. The molecule has 0 radical (unpaired) electrons. The molecular weight excluding hydrogens is 214 g/mol. The summed E-state index contributed by atoms with van der Waals surface area (Å²) in [6.45, 7) is -0.125. The third kappa shape index (κ3) is 1.98. The fourth-order valence-electron chi connectivity index (χ4n) is 1.34. The average molecular weight is 224 g/mol. The molecule has 0 unspecified atom stereocenters. The van der Waals surface area contributed by atoms with Gasteiger partial charge >= 0.3 is 0 Å². The first-order valence-corrected chi connectivity index (χ1v) is 4.83. The Balaban J connectivity index is 2.48. The largest absolute Gasteiger partial charge is 0.459 e. The second kappa shape index (κ2) is 3.96. The van der Waals surface area contributed by atoms with Gasteiger partial charge in [-0.2, -0.15) is 0 Å². The molecule has 0 aliphatic carbocycles. The topological polar surface area (TPSA) is 59.4 Å². The second-order valence-electron chi connectivity index (χ2n) is 3.16. The Morgan fingerprint density at radius 2 is 2.07 bits per heavy atom. The van der Waals surface area contributed by atoms with Crippen molar-refractivity contribution >= 4 is 17.3 Å². The molecule has 1 aromatic heterocycles. The monoisotopic (exact) mass is 223 g/mol. The van der Waals surface area contributed by atoms with Gasteiger partial charge in [0.2, 0.25) is 0 Å². The first kappa shape index (κ1) is 10.1. The van der Waals surface area contributed by atoms with Crippen LogP contribution in [0.25, 0.3) is 11.3 Å². The number of nitrogens with two attached hydrogens (primary N) is 1. The van der Waals surface area contributed by atoms with Crippen molar-refractivity contribution in [2.24, 2.45) is 0 Å². The smallest absolute Gasteiger partial charge is 0.135 e. The number of nitrogen functional groups attached to an aromatic ring is 1. The minimum atomic E-state index is -0.125. The number of rotatable bonds is 2. The highest BCUT2D eigenvalue weighted by atomic mass is 35.5. The Labute approximate surface area is 92.1 Å². The van der Waals surface area contributed by atoms with Crippen LogP contribution in [0.15, 0.2) is 34.7 Å². The zero-order valence-corrected chi connectivity index (χ0v) is 8.66. The Hall–Kier alpha value is -1.45. The van der Waals surface area contributed by atoms with Crippen molar-refractivity contribution in [2.75, 3.05) is 5.73 Å². The van der Waals surface area contributed by atoms with Crippen LogP contribution >= 0.6 is 11.6 Å². The Morgan fingerprint density at radius 1 is 1.27 bits per heavy atom. The first-order valence-electron chi connectivity index (χ1n) is 4.45. The molecule has 78 valence electrons. The molecule has 2 aromatic rings. The van der Waals surface area contributed by atoms with E-state index in [0.717, 1.165) is 5.56 Å². The highest BCUT2D eigenvalue weighted by Crippen LogP contribution is 2.30. The molecule has 4 heteroatoms. The molecule has 0 fully saturated rings. The molecule has 0 atom stereocenters. The maximum atomic E-state index is 8.87. The fourth-order valence-corrected chi connectivity index (χ4v) is 1.55.